The first-order chi connectivity index (χ1) is 13.8. The fourth-order valence-electron chi connectivity index (χ4n) is 3.32. The lowest BCUT2D eigenvalue weighted by molar-refractivity contribution is -0.384. The first kappa shape index (κ1) is 20.2. The van der Waals surface area contributed by atoms with E-state index in [1.54, 1.807) is 30.3 Å². The number of hydrogen-bond donors (Lipinski definition) is 1. The number of hydrogen-bond acceptors (Lipinski definition) is 6. The van der Waals surface area contributed by atoms with Gasteiger partial charge in [-0.3, -0.25) is 19.7 Å². The number of ketones is 1. The quantitative estimate of drug-likeness (QED) is 0.264. The molecule has 0 radical (unpaired) electrons. The molecule has 0 aliphatic carbocycles. The molecule has 1 saturated heterocycles. The summed E-state index contributed by atoms with van der Waals surface area (Å²) in [6.07, 6.45) is 0. The normalized spacial score (nSPS) is 18.3. The van der Waals surface area contributed by atoms with Gasteiger partial charge < -0.3 is 14.7 Å². The van der Waals surface area contributed by atoms with Gasteiger partial charge in [-0.05, 0) is 12.5 Å². The molecule has 1 fully saturated rings. The number of carbonyl (C=O) groups is 2. The Morgan fingerprint density at radius 1 is 1.21 bits per heavy atom. The molecule has 1 heterocycles. The van der Waals surface area contributed by atoms with E-state index in [0.717, 1.165) is 5.56 Å². The highest BCUT2D eigenvalue weighted by Gasteiger charge is 2.46. The van der Waals surface area contributed by atoms with Crippen LogP contribution in [0.25, 0.3) is 5.76 Å². The van der Waals surface area contributed by atoms with Crippen LogP contribution in [-0.4, -0.2) is 46.9 Å². The van der Waals surface area contributed by atoms with Crippen molar-refractivity contribution in [1.29, 1.82) is 0 Å². The van der Waals surface area contributed by atoms with Gasteiger partial charge in [-0.15, -0.1) is 0 Å². The van der Waals surface area contributed by atoms with Gasteiger partial charge in [-0.25, -0.2) is 0 Å². The van der Waals surface area contributed by atoms with Gasteiger partial charge in [0.25, 0.3) is 17.4 Å². The molecule has 1 N–H and O–H groups in total. The van der Waals surface area contributed by atoms with E-state index in [1.807, 2.05) is 6.92 Å². The largest absolute Gasteiger partial charge is 0.507 e. The van der Waals surface area contributed by atoms with Gasteiger partial charge in [0.05, 0.1) is 23.1 Å². The summed E-state index contributed by atoms with van der Waals surface area (Å²) in [6, 6.07) is 11.6. The summed E-state index contributed by atoms with van der Waals surface area (Å²) in [5.74, 6) is -1.94. The van der Waals surface area contributed by atoms with E-state index >= 15 is 0 Å². The molecule has 0 spiro atoms. The second-order valence-corrected chi connectivity index (χ2v) is 6.70. The van der Waals surface area contributed by atoms with Gasteiger partial charge in [0.15, 0.2) is 0 Å². The van der Waals surface area contributed by atoms with Crippen LogP contribution in [0.5, 0.6) is 0 Å². The molecule has 2 aromatic carbocycles. The number of likely N-dealkylation sites (tertiary alicyclic amines) is 1. The molecule has 1 amide bonds. The highest BCUT2D eigenvalue weighted by Crippen LogP contribution is 2.40. The van der Waals surface area contributed by atoms with Crippen LogP contribution in [0.3, 0.4) is 0 Å². The molecule has 0 bridgehead atoms. The molecule has 1 atom stereocenters. The van der Waals surface area contributed by atoms with E-state index in [4.69, 9.17) is 4.74 Å². The SMILES string of the molecule is COCCN1C(=O)C(=O)/C(=C(/O)c2ccc(C)cc2)[C@@H]1c1cccc([N+](=O)[O-])c1. The molecular formula is C21H20N2O6. The molecular weight excluding hydrogens is 376 g/mol. The van der Waals surface area contributed by atoms with Crippen LogP contribution < -0.4 is 0 Å². The Bertz CT molecular complexity index is 996. The summed E-state index contributed by atoms with van der Waals surface area (Å²) in [7, 11) is 1.46. The summed E-state index contributed by atoms with van der Waals surface area (Å²) in [6.45, 7) is 2.15. The van der Waals surface area contributed by atoms with Crippen molar-refractivity contribution in [3.63, 3.8) is 0 Å². The number of aliphatic hydroxyl groups is 1. The van der Waals surface area contributed by atoms with Crippen LogP contribution in [0, 0.1) is 17.0 Å². The van der Waals surface area contributed by atoms with Crippen molar-refractivity contribution in [1.82, 2.24) is 4.90 Å². The number of rotatable bonds is 6. The molecule has 1 aliphatic heterocycles. The first-order valence-electron chi connectivity index (χ1n) is 8.94. The molecule has 29 heavy (non-hydrogen) atoms. The number of aliphatic hydroxyl groups excluding tert-OH is 1. The van der Waals surface area contributed by atoms with E-state index in [0.29, 0.717) is 11.1 Å². The Labute approximate surface area is 167 Å². The zero-order valence-electron chi connectivity index (χ0n) is 16.0. The molecule has 8 nitrogen and oxygen atoms in total. The maximum atomic E-state index is 12.8. The Kier molecular flexibility index (Phi) is 5.74. The lowest BCUT2D eigenvalue weighted by Gasteiger charge is -2.24. The van der Waals surface area contributed by atoms with Crippen LogP contribution in [0.4, 0.5) is 5.69 Å². The molecule has 0 unspecified atom stereocenters. The van der Waals surface area contributed by atoms with Crippen molar-refractivity contribution < 1.29 is 24.4 Å². The number of ether oxygens (including phenoxy) is 1. The van der Waals surface area contributed by atoms with E-state index < -0.39 is 22.7 Å². The van der Waals surface area contributed by atoms with Gasteiger partial charge in [0.2, 0.25) is 0 Å². The van der Waals surface area contributed by atoms with Gasteiger partial charge in [-0.2, -0.15) is 0 Å². The standard InChI is InChI=1S/C21H20N2O6/c1-13-6-8-14(9-7-13)19(24)17-18(15-4-3-5-16(12-15)23(27)28)22(10-11-29-2)21(26)20(17)25/h3-9,12,18,24H,10-11H2,1-2H3/b19-17+/t18-/m0/s1. The minimum Gasteiger partial charge on any atom is -0.507 e. The number of Topliss-reactive ketones (excluding diaryl/α,β-unsaturated/α-hetero) is 1. The third-order valence-corrected chi connectivity index (χ3v) is 4.80. The number of aryl methyl sites for hydroxylation is 1. The number of benzene rings is 2. The monoisotopic (exact) mass is 396 g/mol. The van der Waals surface area contributed by atoms with Gasteiger partial charge in [0.1, 0.15) is 5.76 Å². The van der Waals surface area contributed by atoms with Crippen molar-refractivity contribution in [3.05, 3.63) is 80.9 Å². The number of non-ortho nitro benzene ring substituents is 1. The predicted molar refractivity (Wildman–Crippen MR) is 105 cm³/mol. The first-order valence-corrected chi connectivity index (χ1v) is 8.94. The molecule has 2 aromatic rings. The van der Waals surface area contributed by atoms with Crippen LogP contribution in [0.2, 0.25) is 0 Å². The van der Waals surface area contributed by atoms with Crippen LogP contribution in [-0.2, 0) is 14.3 Å². The fraction of sp³-hybridized carbons (Fsp3) is 0.238. The Balaban J connectivity index is 2.18. The van der Waals surface area contributed by atoms with Gasteiger partial charge >= 0.3 is 0 Å². The number of carbonyl (C=O) groups excluding carboxylic acids is 2. The van der Waals surface area contributed by atoms with Crippen molar-refractivity contribution in [2.75, 3.05) is 20.3 Å². The summed E-state index contributed by atoms with van der Waals surface area (Å²) in [5.41, 5.74) is 1.45. The van der Waals surface area contributed by atoms with E-state index in [-0.39, 0.29) is 30.2 Å². The maximum Gasteiger partial charge on any atom is 0.295 e. The molecule has 8 heteroatoms. The number of methoxy groups -OCH3 is 1. The minimum absolute atomic E-state index is 0.0963. The number of nitrogens with zero attached hydrogens (tertiary/aromatic N) is 2. The van der Waals surface area contributed by atoms with Crippen molar-refractivity contribution in [2.24, 2.45) is 0 Å². The molecule has 150 valence electrons. The average molecular weight is 396 g/mol. The summed E-state index contributed by atoms with van der Waals surface area (Å²) >= 11 is 0. The van der Waals surface area contributed by atoms with Gasteiger partial charge in [0, 0.05) is 31.4 Å². The Morgan fingerprint density at radius 3 is 2.52 bits per heavy atom. The molecule has 0 saturated carbocycles. The zero-order valence-corrected chi connectivity index (χ0v) is 16.0. The number of nitro groups is 1. The Hall–Kier alpha value is -3.52. The minimum atomic E-state index is -0.952. The predicted octanol–water partition coefficient (Wildman–Crippen LogP) is 2.97. The van der Waals surface area contributed by atoms with Crippen LogP contribution >= 0.6 is 0 Å². The molecule has 3 rings (SSSR count). The second-order valence-electron chi connectivity index (χ2n) is 6.70. The summed E-state index contributed by atoms with van der Waals surface area (Å²) in [4.78, 5) is 37.3. The highest BCUT2D eigenvalue weighted by molar-refractivity contribution is 6.46. The third kappa shape index (κ3) is 3.88. The number of nitro benzene ring substituents is 1. The molecule has 1 aliphatic rings. The topological polar surface area (TPSA) is 110 Å². The Morgan fingerprint density at radius 2 is 1.90 bits per heavy atom. The van der Waals surface area contributed by atoms with Crippen LogP contribution in [0.1, 0.15) is 22.7 Å². The third-order valence-electron chi connectivity index (χ3n) is 4.80. The van der Waals surface area contributed by atoms with E-state index in [1.165, 1.54) is 30.2 Å². The van der Waals surface area contributed by atoms with Crippen molar-refractivity contribution >= 4 is 23.1 Å². The lowest BCUT2D eigenvalue weighted by atomic mass is 9.95. The summed E-state index contributed by atoms with van der Waals surface area (Å²) < 4.78 is 5.04. The van der Waals surface area contributed by atoms with Crippen molar-refractivity contribution in [3.8, 4) is 0 Å². The van der Waals surface area contributed by atoms with Crippen molar-refractivity contribution in [2.45, 2.75) is 13.0 Å². The highest BCUT2D eigenvalue weighted by atomic mass is 16.6. The summed E-state index contributed by atoms with van der Waals surface area (Å²) in [5, 5.41) is 22.1. The average Bonchev–Trinajstić information content (AvgIpc) is 2.97. The lowest BCUT2D eigenvalue weighted by Crippen LogP contribution is -2.32. The fourth-order valence-corrected chi connectivity index (χ4v) is 3.32. The maximum absolute atomic E-state index is 12.8. The zero-order chi connectivity index (χ0) is 21.1. The van der Waals surface area contributed by atoms with Gasteiger partial charge in [-0.1, -0.05) is 42.0 Å². The smallest absolute Gasteiger partial charge is 0.295 e. The second kappa shape index (κ2) is 8.24. The van der Waals surface area contributed by atoms with E-state index in [2.05, 4.69) is 0 Å². The molecule has 0 aromatic heterocycles. The van der Waals surface area contributed by atoms with E-state index in [9.17, 15) is 24.8 Å². The number of amides is 1. The van der Waals surface area contributed by atoms with Crippen LogP contribution in [0.15, 0.2) is 54.1 Å².